The first kappa shape index (κ1) is 13.2. The monoisotopic (exact) mass is 302 g/mol. The van der Waals surface area contributed by atoms with Crippen molar-refractivity contribution in [3.63, 3.8) is 0 Å². The molecule has 1 N–H and O–H groups in total. The molecule has 0 saturated carbocycles. The third-order valence-corrected chi connectivity index (χ3v) is 4.96. The highest BCUT2D eigenvalue weighted by Gasteiger charge is 2.29. The second-order valence-corrected chi connectivity index (χ2v) is 6.40. The van der Waals surface area contributed by atoms with Crippen LogP contribution in [0.15, 0.2) is 36.0 Å². The molecule has 1 atom stereocenters. The number of para-hydroxylation sites is 1. The summed E-state index contributed by atoms with van der Waals surface area (Å²) in [6.07, 6.45) is 2.40. The SMILES string of the molecule is CC1=CN(c2nc3ccccc3s2)NC1N1CCOCC1. The van der Waals surface area contributed by atoms with Gasteiger partial charge in [0, 0.05) is 19.3 Å². The van der Waals surface area contributed by atoms with Gasteiger partial charge in [-0.1, -0.05) is 23.5 Å². The van der Waals surface area contributed by atoms with Crippen LogP contribution in [0.1, 0.15) is 6.92 Å². The third-order valence-electron chi connectivity index (χ3n) is 3.92. The molecule has 0 aliphatic carbocycles. The van der Waals surface area contributed by atoms with Gasteiger partial charge in [-0.15, -0.1) is 0 Å². The molecule has 110 valence electrons. The van der Waals surface area contributed by atoms with Gasteiger partial charge in [0.15, 0.2) is 0 Å². The van der Waals surface area contributed by atoms with E-state index in [9.17, 15) is 0 Å². The highest BCUT2D eigenvalue weighted by Crippen LogP contribution is 2.30. The van der Waals surface area contributed by atoms with Crippen molar-refractivity contribution in [1.29, 1.82) is 0 Å². The van der Waals surface area contributed by atoms with Gasteiger partial charge in [-0.3, -0.25) is 9.91 Å². The summed E-state index contributed by atoms with van der Waals surface area (Å²) in [4.78, 5) is 7.12. The van der Waals surface area contributed by atoms with Crippen molar-refractivity contribution in [2.75, 3.05) is 31.3 Å². The van der Waals surface area contributed by atoms with Gasteiger partial charge in [0.05, 0.1) is 23.4 Å². The van der Waals surface area contributed by atoms with Crippen LogP contribution < -0.4 is 10.4 Å². The van der Waals surface area contributed by atoms with Crippen molar-refractivity contribution in [3.8, 4) is 0 Å². The average Bonchev–Trinajstić information content (AvgIpc) is 3.11. The molecule has 1 aromatic heterocycles. The first-order valence-electron chi connectivity index (χ1n) is 7.22. The number of aromatic nitrogens is 1. The maximum absolute atomic E-state index is 5.43. The zero-order valence-electron chi connectivity index (χ0n) is 12.0. The van der Waals surface area contributed by atoms with Gasteiger partial charge in [-0.2, -0.15) is 0 Å². The van der Waals surface area contributed by atoms with Crippen LogP contribution >= 0.6 is 11.3 Å². The first-order valence-corrected chi connectivity index (χ1v) is 8.04. The van der Waals surface area contributed by atoms with Crippen LogP contribution in [0, 0.1) is 0 Å². The van der Waals surface area contributed by atoms with Crippen molar-refractivity contribution in [3.05, 3.63) is 36.0 Å². The molecule has 0 bridgehead atoms. The number of hydrogen-bond donors (Lipinski definition) is 1. The summed E-state index contributed by atoms with van der Waals surface area (Å²) < 4.78 is 6.65. The van der Waals surface area contributed by atoms with Crippen LogP contribution in [0.5, 0.6) is 0 Å². The molecular weight excluding hydrogens is 284 g/mol. The molecule has 6 heteroatoms. The topological polar surface area (TPSA) is 40.6 Å². The number of morpholine rings is 1. The van der Waals surface area contributed by atoms with E-state index < -0.39 is 0 Å². The Hall–Kier alpha value is -1.47. The fraction of sp³-hybridized carbons (Fsp3) is 0.400. The summed E-state index contributed by atoms with van der Waals surface area (Å²) in [6.45, 7) is 5.73. The maximum atomic E-state index is 5.43. The minimum absolute atomic E-state index is 0.251. The summed E-state index contributed by atoms with van der Waals surface area (Å²) in [5.41, 5.74) is 5.92. The zero-order chi connectivity index (χ0) is 14.2. The lowest BCUT2D eigenvalue weighted by Gasteiger charge is -2.33. The van der Waals surface area contributed by atoms with E-state index in [-0.39, 0.29) is 6.17 Å². The van der Waals surface area contributed by atoms with E-state index in [1.165, 1.54) is 10.3 Å². The Balaban J connectivity index is 1.57. The molecule has 2 aliphatic rings. The number of rotatable bonds is 2. The minimum atomic E-state index is 0.251. The number of hydrogen-bond acceptors (Lipinski definition) is 6. The van der Waals surface area contributed by atoms with E-state index in [0.717, 1.165) is 37.0 Å². The van der Waals surface area contributed by atoms with Crippen LogP contribution in [0.2, 0.25) is 0 Å². The van der Waals surface area contributed by atoms with Crippen LogP contribution in [0.4, 0.5) is 5.13 Å². The van der Waals surface area contributed by atoms with Gasteiger partial charge in [0.1, 0.15) is 6.17 Å². The van der Waals surface area contributed by atoms with Crippen molar-refractivity contribution >= 4 is 26.7 Å². The molecule has 1 saturated heterocycles. The molecule has 1 aromatic carbocycles. The number of nitrogens with one attached hydrogen (secondary N) is 1. The van der Waals surface area contributed by atoms with E-state index >= 15 is 0 Å². The second-order valence-electron chi connectivity index (χ2n) is 5.39. The Bertz CT molecular complexity index is 644. The molecule has 1 fully saturated rings. The highest BCUT2D eigenvalue weighted by atomic mass is 32.1. The van der Waals surface area contributed by atoms with Crippen molar-refractivity contribution < 1.29 is 4.74 Å². The fourth-order valence-electron chi connectivity index (χ4n) is 2.82. The number of benzene rings is 1. The lowest BCUT2D eigenvalue weighted by atomic mass is 10.2. The minimum Gasteiger partial charge on any atom is -0.379 e. The van der Waals surface area contributed by atoms with E-state index in [1.54, 1.807) is 11.3 Å². The lowest BCUT2D eigenvalue weighted by Crippen LogP contribution is -2.51. The fourth-order valence-corrected chi connectivity index (χ4v) is 3.73. The van der Waals surface area contributed by atoms with Gasteiger partial charge < -0.3 is 4.74 Å². The first-order chi connectivity index (χ1) is 10.3. The number of hydrazine groups is 1. The molecule has 4 rings (SSSR count). The quantitative estimate of drug-likeness (QED) is 0.921. The van der Waals surface area contributed by atoms with Gasteiger partial charge >= 0.3 is 0 Å². The maximum Gasteiger partial charge on any atom is 0.205 e. The molecule has 3 heterocycles. The van der Waals surface area contributed by atoms with E-state index in [4.69, 9.17) is 9.72 Å². The van der Waals surface area contributed by atoms with E-state index in [2.05, 4.69) is 46.7 Å². The Morgan fingerprint density at radius 1 is 1.29 bits per heavy atom. The Morgan fingerprint density at radius 3 is 2.90 bits per heavy atom. The van der Waals surface area contributed by atoms with Gasteiger partial charge in [-0.05, 0) is 24.6 Å². The summed E-state index contributed by atoms with van der Waals surface area (Å²) >= 11 is 1.71. The summed E-state index contributed by atoms with van der Waals surface area (Å²) in [6, 6.07) is 8.25. The number of thiazole rings is 1. The van der Waals surface area contributed by atoms with Gasteiger partial charge in [-0.25, -0.2) is 10.4 Å². The standard InChI is InChI=1S/C15H18N4OS/c1-11-10-19(17-14(11)18-6-8-20-9-7-18)15-16-12-4-2-3-5-13(12)21-15/h2-5,10,14,17H,6-9H2,1H3. The number of ether oxygens (including phenoxy) is 1. The third kappa shape index (κ3) is 2.44. The van der Waals surface area contributed by atoms with Gasteiger partial charge in [0.2, 0.25) is 5.13 Å². The summed E-state index contributed by atoms with van der Waals surface area (Å²) in [7, 11) is 0. The van der Waals surface area contributed by atoms with Crippen LogP contribution in [-0.2, 0) is 4.74 Å². The molecule has 21 heavy (non-hydrogen) atoms. The molecular formula is C15H18N4OS. The molecule has 0 amide bonds. The molecule has 2 aromatic rings. The van der Waals surface area contributed by atoms with E-state index in [0.29, 0.717) is 0 Å². The smallest absolute Gasteiger partial charge is 0.205 e. The Morgan fingerprint density at radius 2 is 2.10 bits per heavy atom. The second kappa shape index (κ2) is 5.38. The van der Waals surface area contributed by atoms with Crippen LogP contribution in [-0.4, -0.2) is 42.4 Å². The normalized spacial score (nSPS) is 23.8. The Labute approximate surface area is 127 Å². The van der Waals surface area contributed by atoms with Crippen LogP contribution in [0.25, 0.3) is 10.2 Å². The largest absolute Gasteiger partial charge is 0.379 e. The Kier molecular flexibility index (Phi) is 3.39. The molecule has 5 nitrogen and oxygen atoms in total. The predicted octanol–water partition coefficient (Wildman–Crippen LogP) is 2.18. The highest BCUT2D eigenvalue weighted by molar-refractivity contribution is 7.22. The van der Waals surface area contributed by atoms with E-state index in [1.807, 2.05) is 6.07 Å². The average molecular weight is 302 g/mol. The molecule has 2 aliphatic heterocycles. The molecule has 0 spiro atoms. The summed E-state index contributed by atoms with van der Waals surface area (Å²) in [5, 5.41) is 3.05. The van der Waals surface area contributed by atoms with Crippen LogP contribution in [0.3, 0.4) is 0 Å². The number of anilines is 1. The molecule has 0 radical (unpaired) electrons. The van der Waals surface area contributed by atoms with Crippen molar-refractivity contribution in [2.45, 2.75) is 13.1 Å². The zero-order valence-corrected chi connectivity index (χ0v) is 12.8. The molecule has 1 unspecified atom stereocenters. The lowest BCUT2D eigenvalue weighted by molar-refractivity contribution is 0.0191. The number of nitrogens with zero attached hydrogens (tertiary/aromatic N) is 3. The number of fused-ring (bicyclic) bond motifs is 1. The predicted molar refractivity (Wildman–Crippen MR) is 85.2 cm³/mol. The van der Waals surface area contributed by atoms with Gasteiger partial charge in [0.25, 0.3) is 0 Å². The summed E-state index contributed by atoms with van der Waals surface area (Å²) in [5.74, 6) is 0. The van der Waals surface area contributed by atoms with Crippen molar-refractivity contribution in [2.24, 2.45) is 0 Å². The van der Waals surface area contributed by atoms with Crippen molar-refractivity contribution in [1.82, 2.24) is 15.3 Å².